The zero-order valence-corrected chi connectivity index (χ0v) is 7.89. The number of anilines is 1. The van der Waals surface area contributed by atoms with Crippen molar-refractivity contribution in [1.82, 2.24) is 0 Å². The number of hydrogen-bond acceptors (Lipinski definition) is 3. The molecule has 0 radical (unpaired) electrons. The van der Waals surface area contributed by atoms with E-state index in [0.29, 0.717) is 5.92 Å². The standard InChI is InChI=1S/C9H14N2S/c10-5-8-1-3-11(6-8)9-2-4-12-7-9/h2,4,7-8H,1,3,5-6,10H2. The summed E-state index contributed by atoms with van der Waals surface area (Å²) in [7, 11) is 0. The van der Waals surface area contributed by atoms with Crippen LogP contribution in [0.15, 0.2) is 16.8 Å². The topological polar surface area (TPSA) is 29.3 Å². The number of thiophene rings is 1. The number of hydrogen-bond donors (Lipinski definition) is 1. The number of nitrogens with zero attached hydrogens (tertiary/aromatic N) is 1. The molecule has 0 bridgehead atoms. The maximum atomic E-state index is 5.63. The molecule has 2 nitrogen and oxygen atoms in total. The molecule has 12 heavy (non-hydrogen) atoms. The molecule has 1 aromatic rings. The summed E-state index contributed by atoms with van der Waals surface area (Å²) >= 11 is 1.76. The van der Waals surface area contributed by atoms with Crippen molar-refractivity contribution in [3.8, 4) is 0 Å². The summed E-state index contributed by atoms with van der Waals surface area (Å²) in [6.07, 6.45) is 1.26. The largest absolute Gasteiger partial charge is 0.371 e. The van der Waals surface area contributed by atoms with E-state index in [-0.39, 0.29) is 0 Å². The molecule has 2 N–H and O–H groups in total. The molecular weight excluding hydrogens is 168 g/mol. The van der Waals surface area contributed by atoms with E-state index in [9.17, 15) is 0 Å². The van der Waals surface area contributed by atoms with Gasteiger partial charge in [0.15, 0.2) is 0 Å². The summed E-state index contributed by atoms with van der Waals surface area (Å²) in [5.74, 6) is 0.713. The maximum absolute atomic E-state index is 5.63. The molecule has 2 heterocycles. The van der Waals surface area contributed by atoms with Crippen LogP contribution in [0.2, 0.25) is 0 Å². The van der Waals surface area contributed by atoms with E-state index in [1.807, 2.05) is 0 Å². The highest BCUT2D eigenvalue weighted by Gasteiger charge is 2.21. The van der Waals surface area contributed by atoms with Crippen LogP contribution in [0.25, 0.3) is 0 Å². The zero-order chi connectivity index (χ0) is 8.39. The van der Waals surface area contributed by atoms with Gasteiger partial charge in [0.25, 0.3) is 0 Å². The van der Waals surface area contributed by atoms with Gasteiger partial charge in [-0.3, -0.25) is 0 Å². The Kier molecular flexibility index (Phi) is 2.33. The molecule has 0 saturated carbocycles. The minimum absolute atomic E-state index is 0.713. The fraction of sp³-hybridized carbons (Fsp3) is 0.556. The lowest BCUT2D eigenvalue weighted by Gasteiger charge is -2.15. The van der Waals surface area contributed by atoms with Crippen molar-refractivity contribution in [2.75, 3.05) is 24.5 Å². The maximum Gasteiger partial charge on any atom is 0.0474 e. The Morgan fingerprint density at radius 3 is 3.17 bits per heavy atom. The quantitative estimate of drug-likeness (QED) is 0.751. The minimum atomic E-state index is 0.713. The Morgan fingerprint density at radius 2 is 2.58 bits per heavy atom. The molecule has 1 unspecified atom stereocenters. The van der Waals surface area contributed by atoms with Gasteiger partial charge in [0.2, 0.25) is 0 Å². The van der Waals surface area contributed by atoms with Crippen LogP contribution in [0.1, 0.15) is 6.42 Å². The molecular formula is C9H14N2S. The average Bonchev–Trinajstić information content (AvgIpc) is 2.75. The van der Waals surface area contributed by atoms with E-state index in [1.165, 1.54) is 18.7 Å². The molecule has 66 valence electrons. The predicted molar refractivity (Wildman–Crippen MR) is 53.7 cm³/mol. The molecule has 1 aliphatic heterocycles. The van der Waals surface area contributed by atoms with Gasteiger partial charge in [0.05, 0.1) is 0 Å². The number of rotatable bonds is 2. The van der Waals surface area contributed by atoms with Crippen LogP contribution in [-0.4, -0.2) is 19.6 Å². The molecule has 2 rings (SSSR count). The first-order chi connectivity index (χ1) is 5.90. The second-order valence-electron chi connectivity index (χ2n) is 3.32. The molecule has 1 saturated heterocycles. The van der Waals surface area contributed by atoms with Crippen LogP contribution in [0.5, 0.6) is 0 Å². The van der Waals surface area contributed by atoms with Gasteiger partial charge in [0.1, 0.15) is 0 Å². The predicted octanol–water partition coefficient (Wildman–Crippen LogP) is 1.53. The van der Waals surface area contributed by atoms with E-state index >= 15 is 0 Å². The SMILES string of the molecule is NCC1CCN(c2ccsc2)C1. The highest BCUT2D eigenvalue weighted by Crippen LogP contribution is 2.24. The zero-order valence-electron chi connectivity index (χ0n) is 7.07. The lowest BCUT2D eigenvalue weighted by atomic mass is 10.1. The highest BCUT2D eigenvalue weighted by molar-refractivity contribution is 7.08. The van der Waals surface area contributed by atoms with Gasteiger partial charge >= 0.3 is 0 Å². The van der Waals surface area contributed by atoms with Gasteiger partial charge in [-0.25, -0.2) is 0 Å². The fourth-order valence-corrected chi connectivity index (χ4v) is 2.36. The lowest BCUT2D eigenvalue weighted by Crippen LogP contribution is -2.21. The van der Waals surface area contributed by atoms with Crippen molar-refractivity contribution < 1.29 is 0 Å². The second kappa shape index (κ2) is 3.46. The molecule has 0 spiro atoms. The summed E-state index contributed by atoms with van der Waals surface area (Å²) in [6, 6.07) is 2.18. The van der Waals surface area contributed by atoms with Gasteiger partial charge in [-0.05, 0) is 30.3 Å². The number of nitrogens with two attached hydrogens (primary N) is 1. The Labute approximate surface area is 77.0 Å². The third kappa shape index (κ3) is 1.47. The van der Waals surface area contributed by atoms with Crippen molar-refractivity contribution in [3.63, 3.8) is 0 Å². The van der Waals surface area contributed by atoms with Gasteiger partial charge in [0, 0.05) is 24.2 Å². The minimum Gasteiger partial charge on any atom is -0.371 e. The van der Waals surface area contributed by atoms with E-state index in [0.717, 1.165) is 13.1 Å². The first-order valence-corrected chi connectivity index (χ1v) is 5.31. The molecule has 1 aliphatic rings. The molecule has 0 aromatic carbocycles. The Morgan fingerprint density at radius 1 is 1.67 bits per heavy atom. The Balaban J connectivity index is 2.00. The smallest absolute Gasteiger partial charge is 0.0474 e. The van der Waals surface area contributed by atoms with Crippen LogP contribution >= 0.6 is 11.3 Å². The second-order valence-corrected chi connectivity index (χ2v) is 4.10. The molecule has 3 heteroatoms. The van der Waals surface area contributed by atoms with E-state index in [2.05, 4.69) is 21.7 Å². The summed E-state index contributed by atoms with van der Waals surface area (Å²) in [6.45, 7) is 3.16. The van der Waals surface area contributed by atoms with E-state index < -0.39 is 0 Å². The van der Waals surface area contributed by atoms with Crippen molar-refractivity contribution in [2.45, 2.75) is 6.42 Å². The van der Waals surface area contributed by atoms with Gasteiger partial charge in [-0.15, -0.1) is 0 Å². The summed E-state index contributed by atoms with van der Waals surface area (Å²) < 4.78 is 0. The van der Waals surface area contributed by atoms with Crippen molar-refractivity contribution in [3.05, 3.63) is 16.8 Å². The van der Waals surface area contributed by atoms with Gasteiger partial charge in [-0.2, -0.15) is 11.3 Å². The average molecular weight is 182 g/mol. The molecule has 1 atom stereocenters. The monoisotopic (exact) mass is 182 g/mol. The molecule has 1 fully saturated rings. The first kappa shape index (κ1) is 8.08. The Hall–Kier alpha value is -0.540. The van der Waals surface area contributed by atoms with Gasteiger partial charge in [-0.1, -0.05) is 0 Å². The third-order valence-electron chi connectivity index (χ3n) is 2.49. The van der Waals surface area contributed by atoms with Crippen LogP contribution in [-0.2, 0) is 0 Å². The van der Waals surface area contributed by atoms with Crippen LogP contribution in [0.3, 0.4) is 0 Å². The third-order valence-corrected chi connectivity index (χ3v) is 3.16. The summed E-state index contributed by atoms with van der Waals surface area (Å²) in [4.78, 5) is 2.42. The molecule has 0 amide bonds. The first-order valence-electron chi connectivity index (χ1n) is 4.37. The van der Waals surface area contributed by atoms with Crippen LogP contribution in [0.4, 0.5) is 5.69 Å². The summed E-state index contributed by atoms with van der Waals surface area (Å²) in [5, 5.41) is 4.34. The van der Waals surface area contributed by atoms with E-state index in [4.69, 9.17) is 5.73 Å². The van der Waals surface area contributed by atoms with Crippen molar-refractivity contribution in [2.24, 2.45) is 11.7 Å². The van der Waals surface area contributed by atoms with Crippen LogP contribution < -0.4 is 10.6 Å². The van der Waals surface area contributed by atoms with Crippen molar-refractivity contribution in [1.29, 1.82) is 0 Å². The Bertz CT molecular complexity index is 233. The van der Waals surface area contributed by atoms with E-state index in [1.54, 1.807) is 11.3 Å². The molecule has 0 aliphatic carbocycles. The summed E-state index contributed by atoms with van der Waals surface area (Å²) in [5.41, 5.74) is 7.00. The van der Waals surface area contributed by atoms with Gasteiger partial charge < -0.3 is 10.6 Å². The molecule has 1 aromatic heterocycles. The lowest BCUT2D eigenvalue weighted by molar-refractivity contribution is 0.603. The highest BCUT2D eigenvalue weighted by atomic mass is 32.1. The normalized spacial score (nSPS) is 23.4. The fourth-order valence-electron chi connectivity index (χ4n) is 1.70. The van der Waals surface area contributed by atoms with Crippen LogP contribution in [0, 0.1) is 5.92 Å². The van der Waals surface area contributed by atoms with Crippen molar-refractivity contribution >= 4 is 17.0 Å².